The normalized spacial score (nSPS) is 19.6. The predicted molar refractivity (Wildman–Crippen MR) is 106 cm³/mol. The van der Waals surface area contributed by atoms with Gasteiger partial charge in [-0.1, -0.05) is 29.3 Å². The Hall–Kier alpha value is -1.95. The maximum atomic E-state index is 6.23. The number of aromatic nitrogens is 4. The third kappa shape index (κ3) is 3.24. The van der Waals surface area contributed by atoms with Crippen LogP contribution in [0.4, 0.5) is 0 Å². The van der Waals surface area contributed by atoms with Gasteiger partial charge in [-0.3, -0.25) is 4.90 Å². The van der Waals surface area contributed by atoms with E-state index in [1.807, 2.05) is 6.07 Å². The molecule has 27 heavy (non-hydrogen) atoms. The molecule has 5 rings (SSSR count). The molecule has 3 aromatic rings. The lowest BCUT2D eigenvalue weighted by Gasteiger charge is -2.37. The summed E-state index contributed by atoms with van der Waals surface area (Å²) in [5.74, 6) is 0.732. The van der Waals surface area contributed by atoms with Crippen molar-refractivity contribution in [3.8, 4) is 11.5 Å². The second-order valence-corrected chi connectivity index (χ2v) is 8.10. The van der Waals surface area contributed by atoms with E-state index >= 15 is 0 Å². The molecular weight excluding hydrogens is 381 g/mol. The Morgan fingerprint density at radius 3 is 2.96 bits per heavy atom. The van der Waals surface area contributed by atoms with Gasteiger partial charge in [0, 0.05) is 36.8 Å². The molecule has 1 aliphatic heterocycles. The number of nitrogens with zero attached hydrogens (tertiary/aromatic N) is 4. The van der Waals surface area contributed by atoms with E-state index in [-0.39, 0.29) is 0 Å². The van der Waals surface area contributed by atoms with E-state index in [0.29, 0.717) is 16.8 Å². The van der Waals surface area contributed by atoms with E-state index in [1.54, 1.807) is 6.20 Å². The second-order valence-electron chi connectivity index (χ2n) is 7.26. The maximum Gasteiger partial charge on any atom is 0.158 e. The molecule has 7 heteroatoms. The van der Waals surface area contributed by atoms with Crippen LogP contribution < -0.4 is 0 Å². The number of imidazole rings is 1. The SMILES string of the molecule is Clc1ccc2c(c1)CC(N1CCc3nc(-c4ncncc4Cl)[nH]c3C1)CC2. The van der Waals surface area contributed by atoms with Gasteiger partial charge in [0.2, 0.25) is 0 Å². The molecule has 1 atom stereocenters. The number of aryl methyl sites for hydroxylation is 1. The number of fused-ring (bicyclic) bond motifs is 2. The summed E-state index contributed by atoms with van der Waals surface area (Å²) in [6.07, 6.45) is 7.40. The number of halogens is 2. The molecule has 5 nitrogen and oxygen atoms in total. The molecule has 0 amide bonds. The Bertz CT molecular complexity index is 1000. The fourth-order valence-electron chi connectivity index (χ4n) is 4.24. The van der Waals surface area contributed by atoms with Crippen molar-refractivity contribution in [3.05, 3.63) is 63.3 Å². The molecular formula is C20H19Cl2N5. The molecule has 1 unspecified atom stereocenters. The van der Waals surface area contributed by atoms with Crippen molar-refractivity contribution in [1.82, 2.24) is 24.8 Å². The fourth-order valence-corrected chi connectivity index (χ4v) is 4.63. The highest BCUT2D eigenvalue weighted by Crippen LogP contribution is 2.31. The molecule has 0 spiro atoms. The molecule has 2 aromatic heterocycles. The first-order chi connectivity index (χ1) is 13.2. The molecule has 1 N–H and O–H groups in total. The van der Waals surface area contributed by atoms with Crippen LogP contribution >= 0.6 is 23.2 Å². The average molecular weight is 400 g/mol. The van der Waals surface area contributed by atoms with Crippen molar-refractivity contribution in [1.29, 1.82) is 0 Å². The van der Waals surface area contributed by atoms with Crippen molar-refractivity contribution in [2.24, 2.45) is 0 Å². The summed E-state index contributed by atoms with van der Waals surface area (Å²) in [7, 11) is 0. The summed E-state index contributed by atoms with van der Waals surface area (Å²) in [6, 6.07) is 6.84. The number of hydrogen-bond acceptors (Lipinski definition) is 4. The summed E-state index contributed by atoms with van der Waals surface area (Å²) in [5, 5.41) is 1.34. The van der Waals surface area contributed by atoms with E-state index in [4.69, 9.17) is 28.2 Å². The van der Waals surface area contributed by atoms with Gasteiger partial charge in [0.05, 0.1) is 16.4 Å². The Morgan fingerprint density at radius 1 is 1.15 bits per heavy atom. The van der Waals surface area contributed by atoms with Crippen molar-refractivity contribution < 1.29 is 0 Å². The molecule has 138 valence electrons. The van der Waals surface area contributed by atoms with Crippen molar-refractivity contribution in [3.63, 3.8) is 0 Å². The zero-order valence-electron chi connectivity index (χ0n) is 14.8. The first-order valence-corrected chi connectivity index (χ1v) is 9.98. The van der Waals surface area contributed by atoms with Gasteiger partial charge in [0.1, 0.15) is 12.0 Å². The van der Waals surface area contributed by atoms with E-state index in [0.717, 1.165) is 48.9 Å². The third-order valence-electron chi connectivity index (χ3n) is 5.64. The van der Waals surface area contributed by atoms with Gasteiger partial charge in [-0.2, -0.15) is 0 Å². The van der Waals surface area contributed by atoms with Crippen molar-refractivity contribution >= 4 is 23.2 Å². The summed E-state index contributed by atoms with van der Waals surface area (Å²) in [6.45, 7) is 1.90. The fraction of sp³-hybridized carbons (Fsp3) is 0.350. The number of rotatable bonds is 2. The van der Waals surface area contributed by atoms with Crippen LogP contribution in [0.3, 0.4) is 0 Å². The topological polar surface area (TPSA) is 57.7 Å². The number of hydrogen-bond donors (Lipinski definition) is 1. The molecule has 0 bridgehead atoms. The van der Waals surface area contributed by atoms with Crippen LogP contribution in [0.15, 0.2) is 30.7 Å². The van der Waals surface area contributed by atoms with Crippen LogP contribution in [0.1, 0.15) is 28.9 Å². The van der Waals surface area contributed by atoms with E-state index in [1.165, 1.54) is 29.6 Å². The molecule has 2 aliphatic rings. The average Bonchev–Trinajstić information content (AvgIpc) is 3.10. The molecule has 3 heterocycles. The lowest BCUT2D eigenvalue weighted by Crippen LogP contribution is -2.42. The Kier molecular flexibility index (Phi) is 4.38. The minimum atomic E-state index is 0.515. The minimum absolute atomic E-state index is 0.515. The largest absolute Gasteiger partial charge is 0.339 e. The van der Waals surface area contributed by atoms with Crippen molar-refractivity contribution in [2.45, 2.75) is 38.3 Å². The molecule has 0 radical (unpaired) electrons. The highest BCUT2D eigenvalue weighted by Gasteiger charge is 2.29. The van der Waals surface area contributed by atoms with Crippen LogP contribution in [0.5, 0.6) is 0 Å². The summed E-state index contributed by atoms with van der Waals surface area (Å²) in [4.78, 5) is 19.0. The van der Waals surface area contributed by atoms with Crippen LogP contribution in [0.25, 0.3) is 11.5 Å². The van der Waals surface area contributed by atoms with Gasteiger partial charge >= 0.3 is 0 Å². The monoisotopic (exact) mass is 399 g/mol. The highest BCUT2D eigenvalue weighted by molar-refractivity contribution is 6.32. The lowest BCUT2D eigenvalue weighted by atomic mass is 9.87. The summed E-state index contributed by atoms with van der Waals surface area (Å²) in [5.41, 5.74) is 5.78. The summed E-state index contributed by atoms with van der Waals surface area (Å²) < 4.78 is 0. The van der Waals surface area contributed by atoms with Crippen molar-refractivity contribution in [2.75, 3.05) is 6.54 Å². The summed E-state index contributed by atoms with van der Waals surface area (Å²) >= 11 is 12.4. The van der Waals surface area contributed by atoms with Gasteiger partial charge < -0.3 is 4.98 Å². The first-order valence-electron chi connectivity index (χ1n) is 9.22. The van der Waals surface area contributed by atoms with Crippen LogP contribution in [0, 0.1) is 0 Å². The number of H-pyrrole nitrogens is 1. The van der Waals surface area contributed by atoms with E-state index in [9.17, 15) is 0 Å². The highest BCUT2D eigenvalue weighted by atomic mass is 35.5. The van der Waals surface area contributed by atoms with Crippen LogP contribution in [-0.4, -0.2) is 37.4 Å². The second kappa shape index (κ2) is 6.89. The molecule has 0 saturated carbocycles. The predicted octanol–water partition coefficient (Wildman–Crippen LogP) is 4.09. The Labute approximate surface area is 167 Å². The molecule has 0 fully saturated rings. The number of aromatic amines is 1. The quantitative estimate of drug-likeness (QED) is 0.704. The Balaban J connectivity index is 1.37. The van der Waals surface area contributed by atoms with Gasteiger partial charge in [0.25, 0.3) is 0 Å². The molecule has 1 aliphatic carbocycles. The van der Waals surface area contributed by atoms with Gasteiger partial charge in [0.15, 0.2) is 5.82 Å². The Morgan fingerprint density at radius 2 is 2.07 bits per heavy atom. The van der Waals surface area contributed by atoms with E-state index in [2.05, 4.69) is 32.0 Å². The van der Waals surface area contributed by atoms with Gasteiger partial charge in [-0.05, 0) is 42.5 Å². The molecule has 0 saturated heterocycles. The standard InChI is InChI=1S/C20H19Cl2N5/c21-14-3-1-12-2-4-15(8-13(12)7-14)27-6-5-17-18(10-27)26-20(25-17)19-16(22)9-23-11-24-19/h1,3,7,9,11,15H,2,4-6,8,10H2,(H,25,26). The number of nitrogens with one attached hydrogen (secondary N) is 1. The van der Waals surface area contributed by atoms with Crippen LogP contribution in [-0.2, 0) is 25.8 Å². The van der Waals surface area contributed by atoms with Crippen LogP contribution in [0.2, 0.25) is 10.0 Å². The smallest absolute Gasteiger partial charge is 0.158 e. The van der Waals surface area contributed by atoms with E-state index < -0.39 is 0 Å². The lowest BCUT2D eigenvalue weighted by molar-refractivity contribution is 0.160. The molecule has 1 aromatic carbocycles. The minimum Gasteiger partial charge on any atom is -0.339 e. The van der Waals surface area contributed by atoms with Gasteiger partial charge in [-0.25, -0.2) is 15.0 Å². The zero-order chi connectivity index (χ0) is 18.4. The number of benzene rings is 1. The maximum absolute atomic E-state index is 6.23. The first kappa shape index (κ1) is 17.2. The third-order valence-corrected chi connectivity index (χ3v) is 6.15. The van der Waals surface area contributed by atoms with Gasteiger partial charge in [-0.15, -0.1) is 0 Å². The zero-order valence-corrected chi connectivity index (χ0v) is 16.3.